The van der Waals surface area contributed by atoms with Crippen LogP contribution in [0.25, 0.3) is 0 Å². The van der Waals surface area contributed by atoms with Crippen molar-refractivity contribution < 1.29 is 17.9 Å². The third kappa shape index (κ3) is 4.41. The van der Waals surface area contributed by atoms with Crippen molar-refractivity contribution in [2.45, 2.75) is 12.5 Å². The summed E-state index contributed by atoms with van der Waals surface area (Å²) >= 11 is 6.03. The zero-order chi connectivity index (χ0) is 18.7. The van der Waals surface area contributed by atoms with Crippen LogP contribution in [0.5, 0.6) is 5.75 Å². The fourth-order valence-corrected chi connectivity index (χ4v) is 4.51. The Morgan fingerprint density at radius 2 is 2.12 bits per heavy atom. The quantitative estimate of drug-likeness (QED) is 0.795. The second-order valence-corrected chi connectivity index (χ2v) is 8.47. The molecule has 1 fully saturated rings. The lowest BCUT2D eigenvalue weighted by atomic mass is 10.2. The first-order valence-electron chi connectivity index (χ1n) is 7.80. The Hall–Kier alpha value is -2.39. The van der Waals surface area contributed by atoms with Crippen LogP contribution in [-0.2, 0) is 9.84 Å². The van der Waals surface area contributed by atoms with Gasteiger partial charge in [0, 0.05) is 11.7 Å². The van der Waals surface area contributed by atoms with E-state index in [-0.39, 0.29) is 23.2 Å². The van der Waals surface area contributed by atoms with E-state index in [2.05, 4.69) is 20.6 Å². The smallest absolute Gasteiger partial charge is 0.275 e. The number of amides is 1. The van der Waals surface area contributed by atoms with E-state index in [1.807, 2.05) is 0 Å². The van der Waals surface area contributed by atoms with Crippen molar-refractivity contribution >= 4 is 38.9 Å². The molecule has 1 saturated heterocycles. The molecule has 1 aromatic carbocycles. The first kappa shape index (κ1) is 18.4. The Morgan fingerprint density at radius 1 is 1.31 bits per heavy atom. The highest BCUT2D eigenvalue weighted by molar-refractivity contribution is 7.91. The Balaban J connectivity index is 1.63. The number of anilines is 2. The summed E-state index contributed by atoms with van der Waals surface area (Å²) in [6.45, 7) is 0. The van der Waals surface area contributed by atoms with Crippen molar-refractivity contribution in [3.8, 4) is 5.75 Å². The normalized spacial score (nSPS) is 18.3. The number of hydrogen-bond donors (Lipinski definition) is 2. The van der Waals surface area contributed by atoms with Crippen molar-refractivity contribution in [2.75, 3.05) is 29.2 Å². The van der Waals surface area contributed by atoms with Gasteiger partial charge in [0.15, 0.2) is 9.84 Å². The average Bonchev–Trinajstić information content (AvgIpc) is 2.94. The number of carbonyl (C=O) groups excluding carboxylic acids is 1. The number of nitrogens with zero attached hydrogens (tertiary/aromatic N) is 2. The summed E-state index contributed by atoms with van der Waals surface area (Å²) in [6, 6.07) is 4.69. The highest BCUT2D eigenvalue weighted by Gasteiger charge is 2.28. The van der Waals surface area contributed by atoms with Gasteiger partial charge in [-0.1, -0.05) is 11.6 Å². The summed E-state index contributed by atoms with van der Waals surface area (Å²) in [5.41, 5.74) is 0.627. The number of halogens is 1. The van der Waals surface area contributed by atoms with Crippen LogP contribution < -0.4 is 15.4 Å². The monoisotopic (exact) mass is 396 g/mol. The molecule has 1 aliphatic heterocycles. The second kappa shape index (κ2) is 7.46. The lowest BCUT2D eigenvalue weighted by Gasteiger charge is -2.11. The van der Waals surface area contributed by atoms with E-state index < -0.39 is 15.7 Å². The van der Waals surface area contributed by atoms with Crippen LogP contribution >= 0.6 is 11.6 Å². The number of sulfone groups is 1. The third-order valence-electron chi connectivity index (χ3n) is 3.88. The molecule has 1 aliphatic rings. The van der Waals surface area contributed by atoms with Gasteiger partial charge in [-0.05, 0) is 24.6 Å². The van der Waals surface area contributed by atoms with Gasteiger partial charge in [0.1, 0.15) is 17.3 Å². The predicted molar refractivity (Wildman–Crippen MR) is 98.7 cm³/mol. The molecule has 2 aromatic rings. The maximum Gasteiger partial charge on any atom is 0.275 e. The van der Waals surface area contributed by atoms with Gasteiger partial charge in [-0.25, -0.2) is 18.4 Å². The molecule has 1 unspecified atom stereocenters. The summed E-state index contributed by atoms with van der Waals surface area (Å²) in [5, 5.41) is 6.07. The molecular weight excluding hydrogens is 380 g/mol. The minimum Gasteiger partial charge on any atom is -0.495 e. The van der Waals surface area contributed by atoms with Gasteiger partial charge in [-0.2, -0.15) is 0 Å². The molecule has 0 aliphatic carbocycles. The largest absolute Gasteiger partial charge is 0.495 e. The minimum absolute atomic E-state index is 0.0785. The summed E-state index contributed by atoms with van der Waals surface area (Å²) in [4.78, 5) is 20.4. The van der Waals surface area contributed by atoms with Gasteiger partial charge in [0.25, 0.3) is 5.91 Å². The molecule has 3 rings (SSSR count). The zero-order valence-corrected chi connectivity index (χ0v) is 15.5. The molecule has 2 heterocycles. The Morgan fingerprint density at radius 3 is 2.69 bits per heavy atom. The molecule has 0 spiro atoms. The summed E-state index contributed by atoms with van der Waals surface area (Å²) in [7, 11) is -1.47. The molecular formula is C16H17ClN4O4S. The number of methoxy groups -OCH3 is 1. The van der Waals surface area contributed by atoms with E-state index in [1.54, 1.807) is 18.2 Å². The van der Waals surface area contributed by atoms with Crippen LogP contribution in [0.15, 0.2) is 30.6 Å². The highest BCUT2D eigenvalue weighted by Crippen LogP contribution is 2.27. The first-order valence-corrected chi connectivity index (χ1v) is 10.00. The summed E-state index contributed by atoms with van der Waals surface area (Å²) < 4.78 is 28.0. The van der Waals surface area contributed by atoms with Crippen LogP contribution in [0, 0.1) is 0 Å². The fraction of sp³-hybridized carbons (Fsp3) is 0.312. The van der Waals surface area contributed by atoms with Crippen molar-refractivity contribution in [2.24, 2.45) is 0 Å². The number of nitrogens with one attached hydrogen (secondary N) is 2. The maximum absolute atomic E-state index is 12.2. The Kier molecular flexibility index (Phi) is 5.28. The van der Waals surface area contributed by atoms with Crippen molar-refractivity contribution in [3.05, 3.63) is 41.3 Å². The molecule has 26 heavy (non-hydrogen) atoms. The van der Waals surface area contributed by atoms with E-state index in [9.17, 15) is 13.2 Å². The lowest BCUT2D eigenvalue weighted by Crippen LogP contribution is -2.22. The molecule has 0 radical (unpaired) electrons. The third-order valence-corrected chi connectivity index (χ3v) is 5.94. The van der Waals surface area contributed by atoms with E-state index in [0.29, 0.717) is 28.7 Å². The van der Waals surface area contributed by atoms with Crippen molar-refractivity contribution in [1.82, 2.24) is 9.97 Å². The number of benzene rings is 1. The SMILES string of the molecule is COc1ccc(NC(=O)c2cnc(NC3CCS(=O)(=O)C3)cn2)cc1Cl. The average molecular weight is 397 g/mol. The lowest BCUT2D eigenvalue weighted by molar-refractivity contribution is 0.102. The Labute approximate surface area is 155 Å². The molecule has 2 N–H and O–H groups in total. The van der Waals surface area contributed by atoms with E-state index >= 15 is 0 Å². The van der Waals surface area contributed by atoms with Gasteiger partial charge < -0.3 is 15.4 Å². The van der Waals surface area contributed by atoms with Gasteiger partial charge in [-0.15, -0.1) is 0 Å². The van der Waals surface area contributed by atoms with Crippen LogP contribution in [0.3, 0.4) is 0 Å². The molecule has 1 amide bonds. The van der Waals surface area contributed by atoms with Crippen molar-refractivity contribution in [1.29, 1.82) is 0 Å². The Bertz CT molecular complexity index is 918. The van der Waals surface area contributed by atoms with E-state index in [1.165, 1.54) is 19.5 Å². The molecule has 1 aromatic heterocycles. The predicted octanol–water partition coefficient (Wildman–Crippen LogP) is 1.99. The number of hydrogen-bond acceptors (Lipinski definition) is 7. The zero-order valence-electron chi connectivity index (χ0n) is 13.9. The molecule has 1 atom stereocenters. The summed E-state index contributed by atoms with van der Waals surface area (Å²) in [5.74, 6) is 0.747. The maximum atomic E-state index is 12.2. The van der Waals surface area contributed by atoms with Gasteiger partial charge in [0.2, 0.25) is 0 Å². The van der Waals surface area contributed by atoms with Gasteiger partial charge in [-0.3, -0.25) is 4.79 Å². The molecule has 0 saturated carbocycles. The minimum atomic E-state index is -2.97. The van der Waals surface area contributed by atoms with Gasteiger partial charge >= 0.3 is 0 Å². The first-order chi connectivity index (χ1) is 12.4. The van der Waals surface area contributed by atoms with Crippen LogP contribution in [-0.4, -0.2) is 49.0 Å². The van der Waals surface area contributed by atoms with E-state index in [0.717, 1.165) is 0 Å². The highest BCUT2D eigenvalue weighted by atomic mass is 35.5. The number of aromatic nitrogens is 2. The van der Waals surface area contributed by atoms with Crippen LogP contribution in [0.2, 0.25) is 5.02 Å². The van der Waals surface area contributed by atoms with Crippen LogP contribution in [0.1, 0.15) is 16.9 Å². The molecule has 10 heteroatoms. The number of rotatable bonds is 5. The molecule has 138 valence electrons. The number of ether oxygens (including phenoxy) is 1. The van der Waals surface area contributed by atoms with Crippen molar-refractivity contribution in [3.63, 3.8) is 0 Å². The molecule has 0 bridgehead atoms. The van der Waals surface area contributed by atoms with Crippen LogP contribution in [0.4, 0.5) is 11.5 Å². The van der Waals surface area contributed by atoms with Gasteiger partial charge in [0.05, 0.1) is 36.0 Å². The number of carbonyl (C=O) groups is 1. The fourth-order valence-electron chi connectivity index (χ4n) is 2.58. The second-order valence-electron chi connectivity index (χ2n) is 5.83. The van der Waals surface area contributed by atoms with E-state index in [4.69, 9.17) is 16.3 Å². The standard InChI is InChI=1S/C16H17ClN4O4S/c1-25-14-3-2-10(6-12(14)17)21-16(22)13-7-19-15(8-18-13)20-11-4-5-26(23,24)9-11/h2-3,6-8,11H,4-5,9H2,1H3,(H,19,20)(H,21,22). The topological polar surface area (TPSA) is 110 Å². The molecule has 8 nitrogen and oxygen atoms in total. The summed E-state index contributed by atoms with van der Waals surface area (Å²) in [6.07, 6.45) is 3.26.